The molecule has 0 aromatic heterocycles. The molecule has 15 heavy (non-hydrogen) atoms. The largest absolute Gasteiger partial charge is 0.0936 e. The van der Waals surface area contributed by atoms with E-state index >= 15 is 0 Å². The van der Waals surface area contributed by atoms with Crippen LogP contribution in [0.1, 0.15) is 0 Å². The van der Waals surface area contributed by atoms with E-state index in [4.69, 9.17) is 11.6 Å². The maximum Gasteiger partial charge on any atom is -0.00296 e. The fourth-order valence-electron chi connectivity index (χ4n) is 1.26. The average molecular weight is 217 g/mol. The molecule has 0 aliphatic carbocycles. The van der Waals surface area contributed by atoms with Crippen molar-refractivity contribution in [1.82, 2.24) is 0 Å². The van der Waals surface area contributed by atoms with Crippen molar-refractivity contribution >= 4 is 11.6 Å². The van der Waals surface area contributed by atoms with E-state index in [-0.39, 0.29) is 0 Å². The van der Waals surface area contributed by atoms with Crippen LogP contribution in [-0.2, 0) is 0 Å². The zero-order chi connectivity index (χ0) is 10.9. The molecule has 0 radical (unpaired) electrons. The van der Waals surface area contributed by atoms with E-state index in [1.165, 1.54) is 16.7 Å². The van der Waals surface area contributed by atoms with Crippen molar-refractivity contribution < 1.29 is 0 Å². The van der Waals surface area contributed by atoms with Gasteiger partial charge in [-0.05, 0) is 16.7 Å². The molecule has 0 fully saturated rings. The van der Waals surface area contributed by atoms with E-state index in [0.717, 1.165) is 0 Å². The molecule has 0 bridgehead atoms. The first-order valence-electron chi connectivity index (χ1n) is 4.70. The summed E-state index contributed by atoms with van der Waals surface area (Å²) in [6.07, 6.45) is 0. The molecule has 0 unspecified atom stereocenters. The van der Waals surface area contributed by atoms with Crippen molar-refractivity contribution in [1.29, 1.82) is 0 Å². The van der Waals surface area contributed by atoms with Crippen LogP contribution in [0.3, 0.4) is 0 Å². The van der Waals surface area contributed by atoms with Gasteiger partial charge in [-0.15, -0.1) is 0 Å². The molecule has 2 rings (SSSR count). The summed E-state index contributed by atoms with van der Waals surface area (Å²) in [6, 6.07) is 20.8. The van der Waals surface area contributed by atoms with Crippen LogP contribution < -0.4 is 0 Å². The van der Waals surface area contributed by atoms with Gasteiger partial charge < -0.3 is 0 Å². The Kier molecular flexibility index (Phi) is 5.28. The van der Waals surface area contributed by atoms with Crippen LogP contribution in [0.25, 0.3) is 11.1 Å². The Labute approximate surface area is 95.8 Å². The normalized spacial score (nSPS) is 8.60. The molecule has 0 spiro atoms. The molecule has 0 heterocycles. The van der Waals surface area contributed by atoms with Crippen LogP contribution in [0.2, 0.25) is 0 Å². The standard InChI is InChI=1S/C12H10.C2H3Cl/c1-3-7-11(8-4-1)12-9-5-2-6-10-12;1-2-3/h1-10H;2H,1H2. The first-order valence-corrected chi connectivity index (χ1v) is 5.13. The molecular weight excluding hydrogens is 204 g/mol. The van der Waals surface area contributed by atoms with Crippen LogP contribution in [0.5, 0.6) is 0 Å². The Hall–Kier alpha value is -1.53. The topological polar surface area (TPSA) is 0 Å². The molecule has 0 nitrogen and oxygen atoms in total. The molecule has 2 aromatic carbocycles. The molecule has 0 saturated carbocycles. The molecule has 0 amide bonds. The van der Waals surface area contributed by atoms with Gasteiger partial charge in [0.1, 0.15) is 0 Å². The Balaban J connectivity index is 0.000000337. The highest BCUT2D eigenvalue weighted by Crippen LogP contribution is 2.17. The number of hydrogen-bond acceptors (Lipinski definition) is 0. The third-order valence-corrected chi connectivity index (χ3v) is 1.88. The van der Waals surface area contributed by atoms with Crippen molar-refractivity contribution in [2.45, 2.75) is 0 Å². The summed E-state index contributed by atoms with van der Waals surface area (Å²) in [4.78, 5) is 0. The lowest BCUT2D eigenvalue weighted by Gasteiger charge is -1.98. The minimum absolute atomic E-state index is 1.22. The van der Waals surface area contributed by atoms with Crippen LogP contribution in [-0.4, -0.2) is 0 Å². The average Bonchev–Trinajstić information content (AvgIpc) is 2.32. The predicted molar refractivity (Wildman–Crippen MR) is 67.9 cm³/mol. The smallest absolute Gasteiger partial charge is 0.00296 e. The second-order valence-corrected chi connectivity index (χ2v) is 3.19. The summed E-state index contributed by atoms with van der Waals surface area (Å²) < 4.78 is 0. The summed E-state index contributed by atoms with van der Waals surface area (Å²) in [5.74, 6) is 0. The molecule has 0 aliphatic rings. The lowest BCUT2D eigenvalue weighted by Crippen LogP contribution is -1.73. The van der Waals surface area contributed by atoms with Gasteiger partial charge in [0.25, 0.3) is 0 Å². The SMILES string of the molecule is C=CCl.c1ccc(-c2ccccc2)cc1. The van der Waals surface area contributed by atoms with Gasteiger partial charge in [0.15, 0.2) is 0 Å². The van der Waals surface area contributed by atoms with Gasteiger partial charge in [-0.25, -0.2) is 0 Å². The van der Waals surface area contributed by atoms with Crippen LogP contribution in [0.15, 0.2) is 72.8 Å². The third-order valence-electron chi connectivity index (χ3n) is 1.88. The third kappa shape index (κ3) is 4.01. The lowest BCUT2D eigenvalue weighted by atomic mass is 10.1. The van der Waals surface area contributed by atoms with E-state index < -0.39 is 0 Å². The maximum absolute atomic E-state index is 4.76. The van der Waals surface area contributed by atoms with Crippen molar-refractivity contribution in [3.05, 3.63) is 72.8 Å². The summed E-state index contributed by atoms with van der Waals surface area (Å²) in [5.41, 5.74) is 3.77. The highest BCUT2D eigenvalue weighted by molar-refractivity contribution is 6.25. The van der Waals surface area contributed by atoms with E-state index in [2.05, 4.69) is 55.1 Å². The number of hydrogen-bond donors (Lipinski definition) is 0. The lowest BCUT2D eigenvalue weighted by molar-refractivity contribution is 1.62. The summed E-state index contributed by atoms with van der Waals surface area (Å²) in [5, 5.41) is 0. The summed E-state index contributed by atoms with van der Waals surface area (Å²) >= 11 is 4.76. The van der Waals surface area contributed by atoms with Gasteiger partial charge >= 0.3 is 0 Å². The zero-order valence-electron chi connectivity index (χ0n) is 8.44. The minimum atomic E-state index is 1.22. The fourth-order valence-corrected chi connectivity index (χ4v) is 1.26. The molecular formula is C14H13Cl. The second kappa shape index (κ2) is 6.86. The van der Waals surface area contributed by atoms with E-state index in [1.54, 1.807) is 0 Å². The van der Waals surface area contributed by atoms with Crippen LogP contribution in [0, 0.1) is 0 Å². The Morgan fingerprint density at radius 3 is 1.27 bits per heavy atom. The maximum atomic E-state index is 4.76. The highest BCUT2D eigenvalue weighted by atomic mass is 35.5. The Morgan fingerprint density at radius 2 is 1.00 bits per heavy atom. The molecule has 2 aromatic rings. The van der Waals surface area contributed by atoms with E-state index in [0.29, 0.717) is 0 Å². The molecule has 76 valence electrons. The van der Waals surface area contributed by atoms with Gasteiger partial charge in [-0.1, -0.05) is 78.8 Å². The first-order chi connectivity index (χ1) is 7.38. The number of halogens is 1. The van der Waals surface area contributed by atoms with E-state index in [1.807, 2.05) is 12.1 Å². The summed E-state index contributed by atoms with van der Waals surface area (Å²) in [7, 11) is 0. The van der Waals surface area contributed by atoms with Crippen molar-refractivity contribution in [3.63, 3.8) is 0 Å². The second-order valence-electron chi connectivity index (χ2n) is 2.89. The minimum Gasteiger partial charge on any atom is -0.0936 e. The van der Waals surface area contributed by atoms with Gasteiger partial charge in [0.2, 0.25) is 0 Å². The van der Waals surface area contributed by atoms with Crippen LogP contribution in [0.4, 0.5) is 0 Å². The Bertz CT molecular complexity index is 341. The molecule has 0 aliphatic heterocycles. The number of benzene rings is 2. The molecule has 0 N–H and O–H groups in total. The van der Waals surface area contributed by atoms with Crippen molar-refractivity contribution in [2.75, 3.05) is 0 Å². The van der Waals surface area contributed by atoms with Gasteiger partial charge in [-0.3, -0.25) is 0 Å². The number of rotatable bonds is 1. The van der Waals surface area contributed by atoms with Crippen molar-refractivity contribution in [3.8, 4) is 11.1 Å². The van der Waals surface area contributed by atoms with E-state index in [9.17, 15) is 0 Å². The summed E-state index contributed by atoms with van der Waals surface area (Å²) in [6.45, 7) is 3.13. The molecule has 1 heteroatoms. The monoisotopic (exact) mass is 216 g/mol. The first kappa shape index (κ1) is 11.5. The molecule has 0 atom stereocenters. The quantitative estimate of drug-likeness (QED) is 0.647. The highest BCUT2D eigenvalue weighted by Gasteiger charge is 1.91. The van der Waals surface area contributed by atoms with Crippen molar-refractivity contribution in [2.24, 2.45) is 0 Å². The van der Waals surface area contributed by atoms with Gasteiger partial charge in [-0.2, -0.15) is 0 Å². The van der Waals surface area contributed by atoms with Gasteiger partial charge in [0.05, 0.1) is 0 Å². The Morgan fingerprint density at radius 1 is 0.733 bits per heavy atom. The van der Waals surface area contributed by atoms with Crippen LogP contribution >= 0.6 is 11.6 Å². The zero-order valence-corrected chi connectivity index (χ0v) is 9.19. The predicted octanol–water partition coefficient (Wildman–Crippen LogP) is 4.72. The molecule has 0 saturated heterocycles. The van der Waals surface area contributed by atoms with Gasteiger partial charge in [0, 0.05) is 0 Å². The fraction of sp³-hybridized carbons (Fsp3) is 0.